The van der Waals surface area contributed by atoms with E-state index in [4.69, 9.17) is 9.05 Å². The number of carbonyl (C=O) groups excluding carboxylic acids is 1. The van der Waals surface area contributed by atoms with Gasteiger partial charge in [0.1, 0.15) is 13.2 Å². The lowest BCUT2D eigenvalue weighted by Crippen LogP contribution is -2.46. The summed E-state index contributed by atoms with van der Waals surface area (Å²) in [6.45, 7) is 4.79. The first kappa shape index (κ1) is 80.2. The zero-order chi connectivity index (χ0) is 59.1. The number of nitrogens with one attached hydrogen (secondary N) is 1. The zero-order valence-electron chi connectivity index (χ0n) is 55.5. The Hall–Kier alpha value is -0.760. The van der Waals surface area contributed by atoms with E-state index < -0.39 is 20.0 Å². The van der Waals surface area contributed by atoms with E-state index in [1.807, 2.05) is 21.1 Å². The van der Waals surface area contributed by atoms with Crippen LogP contribution in [0.3, 0.4) is 0 Å². The van der Waals surface area contributed by atoms with Crippen LogP contribution in [0.4, 0.5) is 0 Å². The predicted octanol–water partition coefficient (Wildman–Crippen LogP) is 22.7. The Morgan fingerprint density at radius 3 is 0.963 bits per heavy atom. The highest BCUT2D eigenvalue weighted by Gasteiger charge is 2.24. The van der Waals surface area contributed by atoms with Crippen LogP contribution in [0.5, 0.6) is 0 Å². The van der Waals surface area contributed by atoms with Gasteiger partial charge in [-0.2, -0.15) is 0 Å². The molecule has 9 heteroatoms. The smallest absolute Gasteiger partial charge is 0.268 e. The maximum atomic E-state index is 13.1. The Morgan fingerprint density at radius 2 is 0.679 bits per heavy atom. The number of allylic oxidation sites excluding steroid dienone is 2. The molecule has 0 aromatic carbocycles. The quantitative estimate of drug-likeness (QED) is 0.0272. The first-order valence-corrected chi connectivity index (χ1v) is 38.0. The van der Waals surface area contributed by atoms with Gasteiger partial charge in [-0.1, -0.05) is 360 Å². The molecule has 0 fully saturated rings. The van der Waals surface area contributed by atoms with Crippen LogP contribution >= 0.6 is 7.82 Å². The van der Waals surface area contributed by atoms with Crippen LogP contribution in [-0.2, 0) is 18.4 Å². The van der Waals surface area contributed by atoms with Crippen molar-refractivity contribution in [1.82, 2.24) is 5.32 Å². The van der Waals surface area contributed by atoms with Crippen molar-refractivity contribution in [3.8, 4) is 0 Å². The minimum Gasteiger partial charge on any atom is -0.756 e. The number of phosphoric ester groups is 1. The molecule has 0 radical (unpaired) electrons. The van der Waals surface area contributed by atoms with E-state index in [1.165, 1.54) is 327 Å². The summed E-state index contributed by atoms with van der Waals surface area (Å²) in [5, 5.41) is 14.1. The number of unbranched alkanes of at least 4 members (excludes halogenated alkanes) is 54. The summed E-state index contributed by atoms with van der Waals surface area (Å²) in [5.41, 5.74) is 0. The van der Waals surface area contributed by atoms with Gasteiger partial charge in [-0.25, -0.2) is 0 Å². The summed E-state index contributed by atoms with van der Waals surface area (Å²) >= 11 is 0. The number of phosphoric acid groups is 1. The summed E-state index contributed by atoms with van der Waals surface area (Å²) in [4.78, 5) is 25.7. The molecule has 1 amide bonds. The van der Waals surface area contributed by atoms with Crippen molar-refractivity contribution >= 4 is 13.7 Å². The molecule has 0 aliphatic rings. The first-order chi connectivity index (χ1) is 39.5. The van der Waals surface area contributed by atoms with Crippen LogP contribution in [0, 0.1) is 0 Å². The molecule has 0 aromatic heterocycles. The van der Waals surface area contributed by atoms with Gasteiger partial charge in [-0.05, 0) is 38.5 Å². The second kappa shape index (κ2) is 63.7. The van der Waals surface area contributed by atoms with E-state index in [0.29, 0.717) is 23.9 Å². The maximum Gasteiger partial charge on any atom is 0.268 e. The third kappa shape index (κ3) is 66.6. The molecule has 0 saturated carbocycles. The Morgan fingerprint density at radius 1 is 0.420 bits per heavy atom. The van der Waals surface area contributed by atoms with Crippen LogP contribution < -0.4 is 10.2 Å². The van der Waals surface area contributed by atoms with Crippen LogP contribution in [0.15, 0.2) is 12.2 Å². The molecule has 0 spiro atoms. The summed E-state index contributed by atoms with van der Waals surface area (Å²) in [5.74, 6) is -0.154. The lowest BCUT2D eigenvalue weighted by Gasteiger charge is -2.30. The molecule has 0 rings (SSSR count). The molecule has 8 nitrogen and oxygen atoms in total. The average Bonchev–Trinajstić information content (AvgIpc) is 3.43. The van der Waals surface area contributed by atoms with Crippen LogP contribution in [0.1, 0.15) is 393 Å². The fourth-order valence-corrected chi connectivity index (χ4v) is 12.3. The molecule has 0 aliphatic carbocycles. The number of aliphatic hydroxyl groups excluding tert-OH is 1. The topological polar surface area (TPSA) is 108 Å². The number of amides is 1. The van der Waals surface area contributed by atoms with E-state index in [0.717, 1.165) is 38.5 Å². The number of carbonyl (C=O) groups is 1. The summed E-state index contributed by atoms with van der Waals surface area (Å²) in [6.07, 6.45) is 81.6. The summed E-state index contributed by atoms with van der Waals surface area (Å²) in [7, 11) is 1.33. The van der Waals surface area contributed by atoms with Crippen molar-refractivity contribution in [3.05, 3.63) is 12.2 Å². The standard InChI is InChI=1S/C72H145N2O6P/c1-6-8-10-12-14-16-18-20-22-24-26-28-30-32-34-35-36-37-38-39-40-42-44-46-48-50-52-54-56-58-60-62-64-66-72(76)73-70(69-80-81(77,78)79-68-67-74(3,4)5)71(75)65-63-61-59-57-55-53-51-49-47-45-43-41-33-31-29-27-25-23-21-19-17-15-13-11-9-7-2/h24,26,70-71,75H,6-23,25,27-69H2,1-5H3,(H-,73,76,77,78)/b26-24-. The van der Waals surface area contributed by atoms with E-state index >= 15 is 0 Å². The van der Waals surface area contributed by atoms with Gasteiger partial charge in [0.2, 0.25) is 5.91 Å². The number of likely N-dealkylation sites (N-methyl/N-ethyl adjacent to an activating group) is 1. The number of hydrogen-bond acceptors (Lipinski definition) is 6. The maximum absolute atomic E-state index is 13.1. The number of hydrogen-bond donors (Lipinski definition) is 2. The van der Waals surface area contributed by atoms with E-state index in [1.54, 1.807) is 0 Å². The molecule has 0 heterocycles. The highest BCUT2D eigenvalue weighted by atomic mass is 31.2. The number of aliphatic hydroxyl groups is 1. The molecule has 484 valence electrons. The monoisotopic (exact) mass is 1170 g/mol. The number of rotatable bonds is 69. The fraction of sp³-hybridized carbons (Fsp3) is 0.958. The van der Waals surface area contributed by atoms with Crippen molar-refractivity contribution < 1.29 is 32.9 Å². The average molecular weight is 1170 g/mol. The highest BCUT2D eigenvalue weighted by molar-refractivity contribution is 7.45. The second-order valence-corrected chi connectivity index (χ2v) is 28.1. The van der Waals surface area contributed by atoms with Crippen LogP contribution in [0.25, 0.3) is 0 Å². The molecular formula is C72H145N2O6P. The molecule has 0 bridgehead atoms. The third-order valence-corrected chi connectivity index (χ3v) is 18.2. The van der Waals surface area contributed by atoms with Crippen molar-refractivity contribution in [2.24, 2.45) is 0 Å². The minimum atomic E-state index is -4.58. The number of quaternary nitrogens is 1. The van der Waals surface area contributed by atoms with Gasteiger partial charge in [0.25, 0.3) is 7.82 Å². The van der Waals surface area contributed by atoms with Crippen molar-refractivity contribution in [2.75, 3.05) is 40.9 Å². The molecule has 0 aromatic rings. The Bertz CT molecular complexity index is 1320. The van der Waals surface area contributed by atoms with Gasteiger partial charge in [0, 0.05) is 6.42 Å². The predicted molar refractivity (Wildman–Crippen MR) is 353 cm³/mol. The van der Waals surface area contributed by atoms with Gasteiger partial charge in [-0.3, -0.25) is 9.36 Å². The first-order valence-electron chi connectivity index (χ1n) is 36.5. The van der Waals surface area contributed by atoms with E-state index in [9.17, 15) is 19.4 Å². The van der Waals surface area contributed by atoms with Gasteiger partial charge in [-0.15, -0.1) is 0 Å². The fourth-order valence-electron chi connectivity index (χ4n) is 11.6. The largest absolute Gasteiger partial charge is 0.756 e. The summed E-state index contributed by atoms with van der Waals surface area (Å²) < 4.78 is 23.6. The molecule has 3 atom stereocenters. The molecular weight excluding hydrogens is 1020 g/mol. The lowest BCUT2D eigenvalue weighted by molar-refractivity contribution is -0.870. The van der Waals surface area contributed by atoms with Gasteiger partial charge in [0.05, 0.1) is 39.9 Å². The highest BCUT2D eigenvalue weighted by Crippen LogP contribution is 2.38. The molecule has 81 heavy (non-hydrogen) atoms. The second-order valence-electron chi connectivity index (χ2n) is 26.7. The van der Waals surface area contributed by atoms with Crippen LogP contribution in [0.2, 0.25) is 0 Å². The van der Waals surface area contributed by atoms with Crippen LogP contribution in [-0.4, -0.2) is 68.5 Å². The number of nitrogens with zero attached hydrogens (tertiary/aromatic N) is 1. The Labute approximate surface area is 507 Å². The molecule has 0 aliphatic heterocycles. The van der Waals surface area contributed by atoms with E-state index in [-0.39, 0.29) is 19.1 Å². The van der Waals surface area contributed by atoms with E-state index in [2.05, 4.69) is 31.3 Å². The lowest BCUT2D eigenvalue weighted by atomic mass is 10.0. The zero-order valence-corrected chi connectivity index (χ0v) is 56.4. The molecule has 2 N–H and O–H groups in total. The molecule has 3 unspecified atom stereocenters. The van der Waals surface area contributed by atoms with Gasteiger partial charge < -0.3 is 28.8 Å². The van der Waals surface area contributed by atoms with Crippen molar-refractivity contribution in [2.45, 2.75) is 405 Å². The normalized spacial score (nSPS) is 13.6. The Balaban J connectivity index is 3.96. The van der Waals surface area contributed by atoms with Crippen molar-refractivity contribution in [1.29, 1.82) is 0 Å². The SMILES string of the molecule is CCCCCCCCCC/C=C\CCCCCCCCCCCCCCCCCCCCCCCC(=O)NC(COP(=O)([O-])OCC[N+](C)(C)C)C(O)CCCCCCCCCCCCCCCCCCCCCCCCCCCC. The minimum absolute atomic E-state index is 0.0161. The molecule has 0 saturated heterocycles. The summed E-state index contributed by atoms with van der Waals surface area (Å²) in [6, 6.07) is -0.798. The van der Waals surface area contributed by atoms with Gasteiger partial charge in [0.15, 0.2) is 0 Å². The third-order valence-electron chi connectivity index (χ3n) is 17.3. The van der Waals surface area contributed by atoms with Crippen molar-refractivity contribution in [3.63, 3.8) is 0 Å². The Kier molecular flexibility index (Phi) is 63.1. The van der Waals surface area contributed by atoms with Gasteiger partial charge >= 0.3 is 0 Å².